The van der Waals surface area contributed by atoms with Crippen LogP contribution in [0.2, 0.25) is 0 Å². The van der Waals surface area contributed by atoms with Gasteiger partial charge in [-0.1, -0.05) is 6.07 Å². The molecule has 144 valence electrons. The minimum atomic E-state index is -0.803. The van der Waals surface area contributed by atoms with Gasteiger partial charge in [-0.25, -0.2) is 0 Å². The number of nitro benzene ring substituents is 1. The van der Waals surface area contributed by atoms with E-state index in [0.717, 1.165) is 22.8 Å². The smallest absolute Gasteiger partial charge is 0.282 e. The zero-order valence-corrected chi connectivity index (χ0v) is 15.6. The lowest BCUT2D eigenvalue weighted by molar-refractivity contribution is -0.385. The first-order valence-electron chi connectivity index (χ1n) is 8.45. The minimum absolute atomic E-state index is 0.0298. The van der Waals surface area contributed by atoms with Crippen LogP contribution < -0.4 is 0 Å². The molecule has 1 atom stereocenters. The summed E-state index contributed by atoms with van der Waals surface area (Å²) in [5.74, 6) is -0.108. The van der Waals surface area contributed by atoms with Crippen molar-refractivity contribution in [3.8, 4) is 0 Å². The number of carbonyl (C=O) groups excluding carboxylic acids is 3. The van der Waals surface area contributed by atoms with Crippen molar-refractivity contribution < 1.29 is 24.0 Å². The van der Waals surface area contributed by atoms with E-state index in [9.17, 15) is 24.5 Å². The Morgan fingerprint density at radius 3 is 2.81 bits per heavy atom. The number of nitro groups is 1. The van der Waals surface area contributed by atoms with Crippen molar-refractivity contribution >= 4 is 35.2 Å². The summed E-state index contributed by atoms with van der Waals surface area (Å²) in [6.45, 7) is 0.277. The Balaban J connectivity index is 1.81. The number of amides is 3. The van der Waals surface area contributed by atoms with Gasteiger partial charge in [0.15, 0.2) is 0 Å². The topological polar surface area (TPSA) is 110 Å². The first-order valence-corrected chi connectivity index (χ1v) is 9.61. The van der Waals surface area contributed by atoms with Gasteiger partial charge in [-0.3, -0.25) is 29.4 Å². The number of fused-ring (bicyclic) bond motifs is 1. The van der Waals surface area contributed by atoms with E-state index in [4.69, 9.17) is 4.74 Å². The van der Waals surface area contributed by atoms with Crippen molar-refractivity contribution in [1.82, 2.24) is 9.80 Å². The van der Waals surface area contributed by atoms with Crippen molar-refractivity contribution in [3.05, 3.63) is 39.4 Å². The van der Waals surface area contributed by atoms with Crippen LogP contribution in [0.25, 0.3) is 0 Å². The average Bonchev–Trinajstić information content (AvgIpc) is 3.25. The van der Waals surface area contributed by atoms with Crippen LogP contribution in [-0.4, -0.2) is 76.8 Å². The number of hydrogen-bond donors (Lipinski definition) is 0. The van der Waals surface area contributed by atoms with E-state index in [1.165, 1.54) is 25.3 Å². The summed E-state index contributed by atoms with van der Waals surface area (Å²) in [5.41, 5.74) is -0.716. The number of hydrogen-bond acceptors (Lipinski definition) is 7. The number of carbonyl (C=O) groups is 3. The third-order valence-corrected chi connectivity index (χ3v) is 5.82. The maximum absolute atomic E-state index is 12.8. The summed E-state index contributed by atoms with van der Waals surface area (Å²) in [6.07, 6.45) is 0.841. The third kappa shape index (κ3) is 3.67. The van der Waals surface area contributed by atoms with Gasteiger partial charge in [0.25, 0.3) is 17.5 Å². The van der Waals surface area contributed by atoms with Gasteiger partial charge in [0.1, 0.15) is 12.1 Å². The van der Waals surface area contributed by atoms with Gasteiger partial charge in [-0.05, 0) is 18.2 Å². The second-order valence-electron chi connectivity index (χ2n) is 6.25. The molecule has 3 amide bonds. The summed E-state index contributed by atoms with van der Waals surface area (Å²) in [4.78, 5) is 50.9. The SMILES string of the molecule is COCCN(C(=O)CN1C(=O)c2cccc([N+](=O)[O-])c2C1=O)[C@H]1CCSC1. The molecule has 1 aromatic carbocycles. The van der Waals surface area contributed by atoms with E-state index in [1.807, 2.05) is 0 Å². The van der Waals surface area contributed by atoms with Gasteiger partial charge in [0.05, 0.1) is 17.1 Å². The van der Waals surface area contributed by atoms with Crippen LogP contribution in [0.4, 0.5) is 5.69 Å². The number of thioether (sulfide) groups is 1. The number of ether oxygens (including phenoxy) is 1. The lowest BCUT2D eigenvalue weighted by Crippen LogP contribution is -2.48. The molecule has 0 radical (unpaired) electrons. The molecule has 0 aliphatic carbocycles. The molecule has 0 unspecified atom stereocenters. The molecule has 2 heterocycles. The van der Waals surface area contributed by atoms with Crippen molar-refractivity contribution in [3.63, 3.8) is 0 Å². The lowest BCUT2D eigenvalue weighted by Gasteiger charge is -2.29. The molecule has 1 aromatic rings. The van der Waals surface area contributed by atoms with Crippen LogP contribution in [0.15, 0.2) is 18.2 Å². The number of nitrogens with zero attached hydrogens (tertiary/aromatic N) is 3. The highest BCUT2D eigenvalue weighted by molar-refractivity contribution is 7.99. The van der Waals surface area contributed by atoms with E-state index >= 15 is 0 Å². The van der Waals surface area contributed by atoms with Crippen LogP contribution in [-0.2, 0) is 9.53 Å². The van der Waals surface area contributed by atoms with E-state index in [-0.39, 0.29) is 23.1 Å². The zero-order valence-electron chi connectivity index (χ0n) is 14.8. The van der Waals surface area contributed by atoms with Crippen LogP contribution in [0.1, 0.15) is 27.1 Å². The van der Waals surface area contributed by atoms with Crippen molar-refractivity contribution in [2.45, 2.75) is 12.5 Å². The van der Waals surface area contributed by atoms with Crippen LogP contribution in [0, 0.1) is 10.1 Å². The largest absolute Gasteiger partial charge is 0.383 e. The molecule has 27 heavy (non-hydrogen) atoms. The normalized spacial score (nSPS) is 18.7. The summed E-state index contributed by atoms with van der Waals surface area (Å²) in [5, 5.41) is 11.2. The second-order valence-corrected chi connectivity index (χ2v) is 7.40. The van der Waals surface area contributed by atoms with Gasteiger partial charge in [-0.15, -0.1) is 0 Å². The standard InChI is InChI=1S/C17H19N3O6S/c1-26-7-6-18(11-5-8-27-10-11)14(21)9-19-16(22)12-3-2-4-13(20(24)25)15(12)17(19)23/h2-4,11H,5-10H2,1H3/t11-/m0/s1. The van der Waals surface area contributed by atoms with Gasteiger partial charge in [0, 0.05) is 31.5 Å². The number of benzene rings is 1. The molecule has 0 saturated carbocycles. The molecule has 1 saturated heterocycles. The monoisotopic (exact) mass is 393 g/mol. The van der Waals surface area contributed by atoms with E-state index in [0.29, 0.717) is 13.2 Å². The van der Waals surface area contributed by atoms with Gasteiger partial charge < -0.3 is 9.64 Å². The van der Waals surface area contributed by atoms with Crippen LogP contribution in [0.3, 0.4) is 0 Å². The molecule has 1 fully saturated rings. The highest BCUT2D eigenvalue weighted by Crippen LogP contribution is 2.31. The van der Waals surface area contributed by atoms with Crippen LogP contribution in [0.5, 0.6) is 0 Å². The molecule has 0 N–H and O–H groups in total. The third-order valence-electron chi connectivity index (χ3n) is 4.67. The predicted molar refractivity (Wildman–Crippen MR) is 97.8 cm³/mol. The van der Waals surface area contributed by atoms with Gasteiger partial charge in [-0.2, -0.15) is 11.8 Å². The Kier molecular flexibility index (Phi) is 5.76. The highest BCUT2D eigenvalue weighted by atomic mass is 32.2. The first kappa shape index (κ1) is 19.3. The van der Waals surface area contributed by atoms with Crippen molar-refractivity contribution in [2.75, 3.05) is 38.3 Å². The summed E-state index contributed by atoms with van der Waals surface area (Å²) < 4.78 is 5.06. The molecule has 2 aliphatic heterocycles. The first-order chi connectivity index (χ1) is 13.0. The molecule has 3 rings (SSSR count). The Morgan fingerprint density at radius 2 is 2.19 bits per heavy atom. The molecular formula is C17H19N3O6S. The summed E-state index contributed by atoms with van der Waals surface area (Å²) >= 11 is 1.74. The number of methoxy groups -OCH3 is 1. The maximum atomic E-state index is 12.8. The van der Waals surface area contributed by atoms with Crippen LogP contribution >= 0.6 is 11.8 Å². The fourth-order valence-electron chi connectivity index (χ4n) is 3.31. The summed E-state index contributed by atoms with van der Waals surface area (Å²) in [6, 6.07) is 3.93. The quantitative estimate of drug-likeness (QED) is 0.388. The average molecular weight is 393 g/mol. The maximum Gasteiger partial charge on any atom is 0.282 e. The van der Waals surface area contributed by atoms with Crippen molar-refractivity contribution in [2.24, 2.45) is 0 Å². The molecular weight excluding hydrogens is 374 g/mol. The van der Waals surface area contributed by atoms with Gasteiger partial charge >= 0.3 is 0 Å². The van der Waals surface area contributed by atoms with Gasteiger partial charge in [0.2, 0.25) is 5.91 Å². The number of imide groups is 1. The van der Waals surface area contributed by atoms with Crippen molar-refractivity contribution in [1.29, 1.82) is 0 Å². The highest BCUT2D eigenvalue weighted by Gasteiger charge is 2.42. The summed E-state index contributed by atoms with van der Waals surface area (Å²) in [7, 11) is 1.54. The fraction of sp³-hybridized carbons (Fsp3) is 0.471. The molecule has 9 nitrogen and oxygen atoms in total. The number of rotatable bonds is 7. The van der Waals surface area contributed by atoms with E-state index < -0.39 is 29.0 Å². The fourth-order valence-corrected chi connectivity index (χ4v) is 4.53. The lowest BCUT2D eigenvalue weighted by atomic mass is 10.1. The Morgan fingerprint density at radius 1 is 1.41 bits per heavy atom. The van der Waals surface area contributed by atoms with E-state index in [2.05, 4.69) is 0 Å². The van der Waals surface area contributed by atoms with E-state index in [1.54, 1.807) is 16.7 Å². The predicted octanol–water partition coefficient (Wildman–Crippen LogP) is 1.17. The Hall–Kier alpha value is -2.46. The molecule has 0 bridgehead atoms. The molecule has 0 aromatic heterocycles. The molecule has 0 spiro atoms. The Bertz CT molecular complexity index is 793. The minimum Gasteiger partial charge on any atom is -0.383 e. The zero-order chi connectivity index (χ0) is 19.6. The molecule has 2 aliphatic rings. The second kappa shape index (κ2) is 8.05. The Labute approximate surface area is 159 Å². The molecule has 10 heteroatoms.